The number of Topliss-reactive ketones (excluding diaryl/α,β-unsaturated/α-hetero) is 1. The van der Waals surface area contributed by atoms with Crippen LogP contribution in [-0.2, 0) is 10.0 Å². The quantitative estimate of drug-likeness (QED) is 0.320. The molecule has 1 fully saturated rings. The van der Waals surface area contributed by atoms with Crippen LogP contribution in [0.25, 0.3) is 20.8 Å². The van der Waals surface area contributed by atoms with Crippen molar-refractivity contribution in [3.05, 3.63) is 78.4 Å². The summed E-state index contributed by atoms with van der Waals surface area (Å²) in [6.45, 7) is 1.15. The van der Waals surface area contributed by atoms with Crippen molar-refractivity contribution in [2.45, 2.75) is 30.6 Å². The Morgan fingerprint density at radius 2 is 1.66 bits per heavy atom. The van der Waals surface area contributed by atoms with E-state index < -0.39 is 10.0 Å². The number of nitrogens with zero attached hydrogens (tertiary/aromatic N) is 2. The van der Waals surface area contributed by atoms with Crippen LogP contribution in [0.4, 0.5) is 5.69 Å². The summed E-state index contributed by atoms with van der Waals surface area (Å²) in [5.41, 5.74) is 3.21. The summed E-state index contributed by atoms with van der Waals surface area (Å²) in [4.78, 5) is 17.7. The van der Waals surface area contributed by atoms with Gasteiger partial charge in [0, 0.05) is 29.9 Å². The summed E-state index contributed by atoms with van der Waals surface area (Å²) >= 11 is 1.65. The predicted molar refractivity (Wildman–Crippen MR) is 142 cm³/mol. The third-order valence-electron chi connectivity index (χ3n) is 6.24. The Bertz CT molecular complexity index is 1410. The number of hydrogen-bond acceptors (Lipinski definition) is 6. The molecule has 0 amide bonds. The Morgan fingerprint density at radius 3 is 2.40 bits per heavy atom. The van der Waals surface area contributed by atoms with Gasteiger partial charge in [0.2, 0.25) is 10.0 Å². The predicted octanol–water partition coefficient (Wildman–Crippen LogP) is 5.82. The van der Waals surface area contributed by atoms with Crippen molar-refractivity contribution in [1.82, 2.24) is 9.29 Å². The van der Waals surface area contributed by atoms with Crippen LogP contribution in [0.5, 0.6) is 0 Å². The number of rotatable bonds is 7. The molecule has 0 aliphatic carbocycles. The molecule has 1 N–H and O–H groups in total. The van der Waals surface area contributed by atoms with E-state index in [2.05, 4.69) is 16.4 Å². The number of carbonyl (C=O) groups excluding carboxylic acids is 1. The molecule has 0 saturated carbocycles. The van der Waals surface area contributed by atoms with E-state index in [0.29, 0.717) is 18.7 Å². The maximum atomic E-state index is 13.1. The minimum Gasteiger partial charge on any atom is -0.378 e. The topological polar surface area (TPSA) is 79.4 Å². The monoisotopic (exact) mass is 505 g/mol. The fourth-order valence-electron chi connectivity index (χ4n) is 4.27. The Labute approximate surface area is 209 Å². The summed E-state index contributed by atoms with van der Waals surface area (Å²) in [7, 11) is -3.59. The van der Waals surface area contributed by atoms with E-state index in [-0.39, 0.29) is 17.2 Å². The molecule has 1 aliphatic rings. The minimum atomic E-state index is -3.59. The molecule has 5 rings (SSSR count). The summed E-state index contributed by atoms with van der Waals surface area (Å²) in [5.74, 6) is -0.159. The molecule has 2 heterocycles. The van der Waals surface area contributed by atoms with Crippen molar-refractivity contribution in [2.24, 2.45) is 0 Å². The number of hydrogen-bond donors (Lipinski definition) is 1. The van der Waals surface area contributed by atoms with Gasteiger partial charge in [-0.15, -0.1) is 11.3 Å². The van der Waals surface area contributed by atoms with Crippen LogP contribution in [-0.4, -0.2) is 43.1 Å². The fraction of sp³-hybridized carbons (Fsp3) is 0.259. The highest BCUT2D eigenvalue weighted by atomic mass is 32.2. The van der Waals surface area contributed by atoms with Crippen molar-refractivity contribution in [3.8, 4) is 10.6 Å². The zero-order valence-corrected chi connectivity index (χ0v) is 20.9. The molecule has 0 atom stereocenters. The zero-order chi connectivity index (χ0) is 24.3. The van der Waals surface area contributed by atoms with E-state index in [4.69, 9.17) is 0 Å². The molecule has 0 bridgehead atoms. The zero-order valence-electron chi connectivity index (χ0n) is 19.3. The highest BCUT2D eigenvalue weighted by Crippen LogP contribution is 2.30. The lowest BCUT2D eigenvalue weighted by Crippen LogP contribution is -2.32. The average Bonchev–Trinajstić information content (AvgIpc) is 3.12. The Hall–Kier alpha value is -3.07. The SMILES string of the molecule is O=C(CNc1ccc(-c2nc3ccccc3s2)cc1)c1cccc(S(=O)(=O)N2CCCCCC2)c1. The second-order valence-corrected chi connectivity index (χ2v) is 11.7. The number of benzene rings is 3. The first-order valence-corrected chi connectivity index (χ1v) is 14.1. The number of anilines is 1. The van der Waals surface area contributed by atoms with Crippen LogP contribution in [0, 0.1) is 0 Å². The van der Waals surface area contributed by atoms with Gasteiger partial charge in [0.1, 0.15) is 5.01 Å². The normalized spacial score (nSPS) is 15.1. The number of carbonyl (C=O) groups is 1. The molecule has 1 aromatic heterocycles. The van der Waals surface area contributed by atoms with E-state index in [1.165, 1.54) is 6.07 Å². The highest BCUT2D eigenvalue weighted by Gasteiger charge is 2.25. The summed E-state index contributed by atoms with van der Waals surface area (Å²) in [5, 5.41) is 4.11. The van der Waals surface area contributed by atoms with Crippen LogP contribution in [0.3, 0.4) is 0 Å². The first-order chi connectivity index (χ1) is 17.0. The number of ketones is 1. The number of fused-ring (bicyclic) bond motifs is 1. The number of thiazole rings is 1. The number of para-hydroxylation sites is 1. The molecule has 6 nitrogen and oxygen atoms in total. The lowest BCUT2D eigenvalue weighted by molar-refractivity contribution is 0.101. The Morgan fingerprint density at radius 1 is 0.914 bits per heavy atom. The standard InChI is InChI=1S/C27H27N3O3S2/c31-25(21-8-7-9-23(18-21)35(32,33)30-16-5-1-2-6-17-30)19-28-22-14-12-20(13-15-22)27-29-24-10-3-4-11-26(24)34-27/h3-4,7-15,18,28H,1-2,5-6,16-17,19H2. The van der Waals surface area contributed by atoms with Crippen LogP contribution in [0.15, 0.2) is 77.7 Å². The number of aromatic nitrogens is 1. The summed E-state index contributed by atoms with van der Waals surface area (Å²) in [6, 6.07) is 22.3. The third kappa shape index (κ3) is 5.29. The smallest absolute Gasteiger partial charge is 0.243 e. The van der Waals surface area contributed by atoms with E-state index in [1.807, 2.05) is 42.5 Å². The summed E-state index contributed by atoms with van der Waals surface area (Å²) < 4.78 is 28.9. The van der Waals surface area contributed by atoms with Crippen LogP contribution < -0.4 is 5.32 Å². The second kappa shape index (κ2) is 10.3. The lowest BCUT2D eigenvalue weighted by Gasteiger charge is -2.20. The molecule has 4 aromatic rings. The molecular weight excluding hydrogens is 478 g/mol. The summed E-state index contributed by atoms with van der Waals surface area (Å²) in [6.07, 6.45) is 3.86. The lowest BCUT2D eigenvalue weighted by atomic mass is 10.1. The van der Waals surface area contributed by atoms with Gasteiger partial charge in [0.05, 0.1) is 21.7 Å². The molecule has 0 radical (unpaired) electrons. The number of sulfonamides is 1. The molecule has 180 valence electrons. The second-order valence-electron chi connectivity index (χ2n) is 8.69. The van der Waals surface area contributed by atoms with Crippen molar-refractivity contribution in [3.63, 3.8) is 0 Å². The van der Waals surface area contributed by atoms with Gasteiger partial charge in [-0.25, -0.2) is 13.4 Å². The van der Waals surface area contributed by atoms with E-state index in [1.54, 1.807) is 33.8 Å². The van der Waals surface area contributed by atoms with E-state index in [0.717, 1.165) is 52.2 Å². The first-order valence-electron chi connectivity index (χ1n) is 11.8. The average molecular weight is 506 g/mol. The molecular formula is C27H27N3O3S2. The molecule has 3 aromatic carbocycles. The van der Waals surface area contributed by atoms with Gasteiger partial charge in [-0.3, -0.25) is 4.79 Å². The van der Waals surface area contributed by atoms with Crippen molar-refractivity contribution < 1.29 is 13.2 Å². The third-order valence-corrected chi connectivity index (χ3v) is 9.22. The molecule has 0 spiro atoms. The Kier molecular flexibility index (Phi) is 6.95. The maximum absolute atomic E-state index is 13.1. The first kappa shape index (κ1) is 23.7. The van der Waals surface area contributed by atoms with Crippen LogP contribution in [0.2, 0.25) is 0 Å². The van der Waals surface area contributed by atoms with Crippen molar-refractivity contribution >= 4 is 43.0 Å². The van der Waals surface area contributed by atoms with Crippen LogP contribution >= 0.6 is 11.3 Å². The van der Waals surface area contributed by atoms with Crippen molar-refractivity contribution in [2.75, 3.05) is 25.0 Å². The van der Waals surface area contributed by atoms with E-state index >= 15 is 0 Å². The minimum absolute atomic E-state index is 0.0771. The number of nitrogens with one attached hydrogen (secondary N) is 1. The van der Waals surface area contributed by atoms with Gasteiger partial charge in [-0.2, -0.15) is 4.31 Å². The largest absolute Gasteiger partial charge is 0.378 e. The molecule has 35 heavy (non-hydrogen) atoms. The molecule has 8 heteroatoms. The molecule has 1 aliphatic heterocycles. The van der Waals surface area contributed by atoms with E-state index in [9.17, 15) is 13.2 Å². The molecule has 1 saturated heterocycles. The fourth-order valence-corrected chi connectivity index (χ4v) is 6.81. The molecule has 0 unspecified atom stereocenters. The van der Waals surface area contributed by atoms with Gasteiger partial charge in [-0.05, 0) is 61.4 Å². The van der Waals surface area contributed by atoms with Gasteiger partial charge >= 0.3 is 0 Å². The Balaban J connectivity index is 1.25. The highest BCUT2D eigenvalue weighted by molar-refractivity contribution is 7.89. The van der Waals surface area contributed by atoms with Crippen molar-refractivity contribution in [1.29, 1.82) is 0 Å². The van der Waals surface area contributed by atoms with Crippen LogP contribution in [0.1, 0.15) is 36.0 Å². The van der Waals surface area contributed by atoms with Gasteiger partial charge in [-0.1, -0.05) is 37.1 Å². The maximum Gasteiger partial charge on any atom is 0.243 e. The van der Waals surface area contributed by atoms with Gasteiger partial charge in [0.25, 0.3) is 0 Å². The van der Waals surface area contributed by atoms with Gasteiger partial charge in [0.15, 0.2) is 5.78 Å². The van der Waals surface area contributed by atoms with Gasteiger partial charge < -0.3 is 5.32 Å².